The van der Waals surface area contributed by atoms with Crippen molar-refractivity contribution >= 4 is 17.9 Å². The van der Waals surface area contributed by atoms with E-state index in [9.17, 15) is 9.59 Å². The molecule has 1 rings (SSSR count). The maximum atomic E-state index is 12.0. The maximum absolute atomic E-state index is 12.0. The summed E-state index contributed by atoms with van der Waals surface area (Å²) in [7, 11) is 1.42. The molecule has 1 aromatic rings. The number of hydrogen-bond donors (Lipinski definition) is 2. The molecule has 0 saturated carbocycles. The molecule has 1 heterocycles. The van der Waals surface area contributed by atoms with Crippen molar-refractivity contribution in [2.24, 2.45) is 0 Å². The number of methoxy groups -OCH3 is 1. The average molecular weight is 412 g/mol. The van der Waals surface area contributed by atoms with E-state index in [0.717, 1.165) is 0 Å². The topological polar surface area (TPSA) is 121 Å². The second kappa shape index (κ2) is 10.2. The molecule has 10 heteroatoms. The molecule has 0 spiro atoms. The van der Waals surface area contributed by atoms with E-state index in [4.69, 9.17) is 18.9 Å². The van der Waals surface area contributed by atoms with E-state index in [1.54, 1.807) is 54.5 Å². The molecule has 10 nitrogen and oxygen atoms in total. The van der Waals surface area contributed by atoms with Crippen LogP contribution in [0.15, 0.2) is 6.07 Å². The minimum absolute atomic E-state index is 0.125. The predicted octanol–water partition coefficient (Wildman–Crippen LogP) is 3.26. The number of ether oxygens (including phenoxy) is 4. The quantitative estimate of drug-likeness (QED) is 0.700. The minimum atomic E-state index is -0.638. The minimum Gasteiger partial charge on any atom is -0.478 e. The van der Waals surface area contributed by atoms with Crippen molar-refractivity contribution in [3.63, 3.8) is 0 Å². The molecule has 0 aliphatic carbocycles. The van der Waals surface area contributed by atoms with E-state index in [-0.39, 0.29) is 25.1 Å². The molecule has 2 amide bonds. The van der Waals surface area contributed by atoms with E-state index in [2.05, 4.69) is 20.8 Å². The molecular formula is C19H32N4O6. The van der Waals surface area contributed by atoms with Crippen molar-refractivity contribution in [1.29, 1.82) is 0 Å². The molecule has 0 radical (unpaired) electrons. The van der Waals surface area contributed by atoms with E-state index >= 15 is 0 Å². The highest BCUT2D eigenvalue weighted by atomic mass is 16.6. The number of carbonyl (C=O) groups is 2. The Hall–Kier alpha value is -2.62. The summed E-state index contributed by atoms with van der Waals surface area (Å²) in [6.07, 6.45) is -1.15. The van der Waals surface area contributed by atoms with Gasteiger partial charge in [0.15, 0.2) is 0 Å². The van der Waals surface area contributed by atoms with Crippen LogP contribution in [0.3, 0.4) is 0 Å². The molecule has 0 unspecified atom stereocenters. The summed E-state index contributed by atoms with van der Waals surface area (Å²) < 4.78 is 21.1. The number of nitrogens with one attached hydrogen (secondary N) is 2. The Balaban J connectivity index is 2.60. The van der Waals surface area contributed by atoms with Crippen LogP contribution in [-0.2, 0) is 20.8 Å². The first-order chi connectivity index (χ1) is 13.3. The number of anilines is 1. The second-order valence-corrected chi connectivity index (χ2v) is 8.45. The fourth-order valence-electron chi connectivity index (χ4n) is 2.04. The lowest BCUT2D eigenvalue weighted by Crippen LogP contribution is -2.39. The summed E-state index contributed by atoms with van der Waals surface area (Å²) in [4.78, 5) is 23.7. The second-order valence-electron chi connectivity index (χ2n) is 8.45. The number of carbonyl (C=O) groups excluding carboxylic acids is 2. The number of nitrogens with zero attached hydrogens (tertiary/aromatic N) is 2. The fraction of sp³-hybridized carbons (Fsp3) is 0.684. The van der Waals surface area contributed by atoms with Crippen LogP contribution in [0.2, 0.25) is 0 Å². The lowest BCUT2D eigenvalue weighted by molar-refractivity contribution is 0.0439. The van der Waals surface area contributed by atoms with Crippen LogP contribution in [0, 0.1) is 0 Å². The van der Waals surface area contributed by atoms with Crippen LogP contribution in [0.4, 0.5) is 15.3 Å². The highest BCUT2D eigenvalue weighted by molar-refractivity contribution is 5.86. The Labute approximate surface area is 171 Å². The van der Waals surface area contributed by atoms with Gasteiger partial charge in [0.2, 0.25) is 0 Å². The molecule has 164 valence electrons. The molecule has 0 bridgehead atoms. The number of amides is 2. The number of hydrogen-bond acceptors (Lipinski definition) is 8. The zero-order valence-corrected chi connectivity index (χ0v) is 18.4. The van der Waals surface area contributed by atoms with E-state index in [0.29, 0.717) is 11.4 Å². The van der Waals surface area contributed by atoms with Crippen molar-refractivity contribution in [2.45, 2.75) is 72.3 Å². The van der Waals surface area contributed by atoms with E-state index in [1.165, 1.54) is 7.11 Å². The molecule has 0 saturated heterocycles. The Morgan fingerprint density at radius 1 is 1.03 bits per heavy atom. The Kier molecular flexibility index (Phi) is 8.62. The monoisotopic (exact) mass is 412 g/mol. The van der Waals surface area contributed by atoms with Gasteiger partial charge in [0.1, 0.15) is 16.9 Å². The molecular weight excluding hydrogens is 380 g/mol. The van der Waals surface area contributed by atoms with Gasteiger partial charge in [-0.2, -0.15) is 0 Å². The third kappa shape index (κ3) is 10.5. The van der Waals surface area contributed by atoms with Crippen LogP contribution in [0.25, 0.3) is 0 Å². The molecule has 0 aliphatic rings. The van der Waals surface area contributed by atoms with Gasteiger partial charge in [-0.25, -0.2) is 9.59 Å². The highest BCUT2D eigenvalue weighted by Gasteiger charge is 2.19. The first-order valence-electron chi connectivity index (χ1n) is 9.27. The van der Waals surface area contributed by atoms with Crippen molar-refractivity contribution in [1.82, 2.24) is 15.5 Å². The van der Waals surface area contributed by atoms with Crippen molar-refractivity contribution in [3.05, 3.63) is 11.8 Å². The summed E-state index contributed by atoms with van der Waals surface area (Å²) in [6, 6.07) is 1.32. The number of rotatable bonds is 7. The van der Waals surface area contributed by atoms with Gasteiger partial charge in [-0.1, -0.05) is 0 Å². The first-order valence-corrected chi connectivity index (χ1v) is 9.27. The van der Waals surface area contributed by atoms with Gasteiger partial charge in [0, 0.05) is 0 Å². The van der Waals surface area contributed by atoms with Gasteiger partial charge in [-0.3, -0.25) is 5.32 Å². The van der Waals surface area contributed by atoms with Gasteiger partial charge < -0.3 is 24.3 Å². The van der Waals surface area contributed by atoms with Gasteiger partial charge in [-0.15, -0.1) is 10.2 Å². The summed E-state index contributed by atoms with van der Waals surface area (Å²) in [5, 5.41) is 13.2. The normalized spacial score (nSPS) is 12.7. The summed E-state index contributed by atoms with van der Waals surface area (Å²) in [5.74, 6) is 0.152. The Bertz CT molecular complexity index is 697. The average Bonchev–Trinajstić information content (AvgIpc) is 2.51. The summed E-state index contributed by atoms with van der Waals surface area (Å²) in [6.45, 7) is 12.8. The van der Waals surface area contributed by atoms with Crippen LogP contribution >= 0.6 is 0 Å². The van der Waals surface area contributed by atoms with E-state index in [1.807, 2.05) is 0 Å². The van der Waals surface area contributed by atoms with Crippen LogP contribution in [-0.4, -0.2) is 53.3 Å². The van der Waals surface area contributed by atoms with Crippen LogP contribution in [0.5, 0.6) is 5.88 Å². The third-order valence-corrected chi connectivity index (χ3v) is 3.02. The van der Waals surface area contributed by atoms with Gasteiger partial charge in [0.25, 0.3) is 5.88 Å². The van der Waals surface area contributed by atoms with Crippen LogP contribution < -0.4 is 15.4 Å². The van der Waals surface area contributed by atoms with Crippen molar-refractivity contribution in [3.8, 4) is 5.88 Å². The first kappa shape index (κ1) is 24.4. The van der Waals surface area contributed by atoms with Crippen molar-refractivity contribution < 1.29 is 28.5 Å². The smallest absolute Gasteiger partial charge is 0.412 e. The standard InChI is InChI=1S/C19H32N4O6/c1-12(20-16(24)28-18(2,3)4)10-27-11-13-9-14(15(26-8)23-22-13)21-17(25)29-19(5,6)7/h9,12H,10-11H2,1-8H3,(H,20,24)(H,21,22,25)/t12-/m1/s1. The highest BCUT2D eigenvalue weighted by Crippen LogP contribution is 2.22. The zero-order chi connectivity index (χ0) is 22.2. The molecule has 29 heavy (non-hydrogen) atoms. The van der Waals surface area contributed by atoms with E-state index < -0.39 is 23.4 Å². The summed E-state index contributed by atoms with van der Waals surface area (Å²) >= 11 is 0. The van der Waals surface area contributed by atoms with Gasteiger partial charge in [-0.05, 0) is 54.5 Å². The van der Waals surface area contributed by atoms with Gasteiger partial charge in [0.05, 0.1) is 32.1 Å². The lowest BCUT2D eigenvalue weighted by atomic mass is 10.2. The molecule has 1 aromatic heterocycles. The molecule has 0 fully saturated rings. The molecule has 0 aromatic carbocycles. The molecule has 1 atom stereocenters. The maximum Gasteiger partial charge on any atom is 0.412 e. The zero-order valence-electron chi connectivity index (χ0n) is 18.4. The Morgan fingerprint density at radius 2 is 1.62 bits per heavy atom. The molecule has 0 aliphatic heterocycles. The SMILES string of the molecule is COc1nnc(COC[C@@H](C)NC(=O)OC(C)(C)C)cc1NC(=O)OC(C)(C)C. The van der Waals surface area contributed by atoms with Gasteiger partial charge >= 0.3 is 12.2 Å². The van der Waals surface area contributed by atoms with Crippen molar-refractivity contribution in [2.75, 3.05) is 19.0 Å². The van der Waals surface area contributed by atoms with Crippen LogP contribution in [0.1, 0.15) is 54.2 Å². The summed E-state index contributed by atoms with van der Waals surface area (Å²) in [5.41, 5.74) is -0.418. The third-order valence-electron chi connectivity index (χ3n) is 3.02. The molecule has 2 N–H and O–H groups in total. The lowest BCUT2D eigenvalue weighted by Gasteiger charge is -2.22. The fourth-order valence-corrected chi connectivity index (χ4v) is 2.04. The number of aromatic nitrogens is 2. The predicted molar refractivity (Wildman–Crippen MR) is 107 cm³/mol. The Morgan fingerprint density at radius 3 is 2.17 bits per heavy atom. The number of alkyl carbamates (subject to hydrolysis) is 1. The largest absolute Gasteiger partial charge is 0.478 e.